The van der Waals surface area contributed by atoms with Crippen LogP contribution in [0.15, 0.2) is 47.1 Å². The van der Waals surface area contributed by atoms with Gasteiger partial charge in [-0.1, -0.05) is 17.8 Å². The molecule has 2 aromatic rings. The molecule has 10 nitrogen and oxygen atoms in total. The highest BCUT2D eigenvalue weighted by atomic mass is 32.2. The molecule has 11 heteroatoms. The number of rotatable bonds is 9. The highest BCUT2D eigenvalue weighted by Crippen LogP contribution is 2.30. The van der Waals surface area contributed by atoms with Gasteiger partial charge < -0.3 is 24.5 Å². The number of para-hydroxylation sites is 1. The van der Waals surface area contributed by atoms with Crippen LogP contribution >= 0.6 is 11.8 Å². The third-order valence-corrected chi connectivity index (χ3v) is 4.94. The van der Waals surface area contributed by atoms with Gasteiger partial charge in [0.25, 0.3) is 0 Å². The van der Waals surface area contributed by atoms with Gasteiger partial charge >= 0.3 is 5.97 Å². The van der Waals surface area contributed by atoms with Crippen molar-refractivity contribution in [3.8, 4) is 11.5 Å². The van der Waals surface area contributed by atoms with Crippen molar-refractivity contribution in [1.29, 1.82) is 0 Å². The summed E-state index contributed by atoms with van der Waals surface area (Å²) in [7, 11) is 1.55. The molecule has 1 aromatic heterocycles. The van der Waals surface area contributed by atoms with Crippen LogP contribution in [0.2, 0.25) is 0 Å². The van der Waals surface area contributed by atoms with Gasteiger partial charge in [0.2, 0.25) is 5.91 Å². The van der Waals surface area contributed by atoms with E-state index in [4.69, 9.17) is 14.6 Å². The zero-order chi connectivity index (χ0) is 20.6. The molecule has 1 aliphatic rings. The maximum absolute atomic E-state index is 11.7. The molecule has 29 heavy (non-hydrogen) atoms. The summed E-state index contributed by atoms with van der Waals surface area (Å²) in [4.78, 5) is 26.5. The topological polar surface area (TPSA) is 127 Å². The Morgan fingerprint density at radius 3 is 3.07 bits per heavy atom. The van der Waals surface area contributed by atoms with Gasteiger partial charge in [-0.15, -0.1) is 5.10 Å². The lowest BCUT2D eigenvalue weighted by molar-refractivity contribution is -0.138. The summed E-state index contributed by atoms with van der Waals surface area (Å²) in [5.74, 6) is -0.365. The van der Waals surface area contributed by atoms with Crippen LogP contribution < -0.4 is 14.8 Å². The predicted octanol–water partition coefficient (Wildman–Crippen LogP) is 1.37. The number of nitrogens with one attached hydrogen (secondary N) is 1. The van der Waals surface area contributed by atoms with E-state index >= 15 is 0 Å². The molecule has 1 unspecified atom stereocenters. The van der Waals surface area contributed by atoms with Gasteiger partial charge in [-0.25, -0.2) is 4.98 Å². The summed E-state index contributed by atoms with van der Waals surface area (Å²) in [6, 6.07) is 5.37. The van der Waals surface area contributed by atoms with Crippen LogP contribution in [-0.4, -0.2) is 56.9 Å². The second kappa shape index (κ2) is 9.73. The Kier molecular flexibility index (Phi) is 6.85. The molecular weight excluding hydrogens is 398 g/mol. The first-order valence-corrected chi connectivity index (χ1v) is 9.50. The third kappa shape index (κ3) is 5.57. The molecule has 1 atom stereocenters. The molecule has 1 fully saturated rings. The number of hydrogen-bond acceptors (Lipinski definition) is 8. The number of carbonyl (C=O) groups is 2. The molecule has 0 radical (unpaired) electrons. The Balaban J connectivity index is 1.68. The summed E-state index contributed by atoms with van der Waals surface area (Å²) in [5.41, 5.74) is 0.649. The number of hydrogen-bond donors (Lipinski definition) is 2. The van der Waals surface area contributed by atoms with E-state index in [1.165, 1.54) is 6.21 Å². The van der Waals surface area contributed by atoms with Crippen molar-refractivity contribution >= 4 is 35.0 Å². The average molecular weight is 417 g/mol. The van der Waals surface area contributed by atoms with Gasteiger partial charge in [0, 0.05) is 18.0 Å². The summed E-state index contributed by atoms with van der Waals surface area (Å²) in [6.07, 6.45) is 6.45. The molecule has 1 aliphatic heterocycles. The number of aromatic nitrogens is 2. The molecule has 1 saturated heterocycles. The van der Waals surface area contributed by atoms with Crippen molar-refractivity contribution < 1.29 is 24.2 Å². The highest BCUT2D eigenvalue weighted by molar-refractivity contribution is 8.15. The van der Waals surface area contributed by atoms with Crippen LogP contribution in [0.25, 0.3) is 0 Å². The van der Waals surface area contributed by atoms with Gasteiger partial charge in [0.15, 0.2) is 16.7 Å². The van der Waals surface area contributed by atoms with E-state index in [1.807, 2.05) is 10.8 Å². The Morgan fingerprint density at radius 1 is 1.48 bits per heavy atom. The second-order valence-electron chi connectivity index (χ2n) is 5.87. The number of thioether (sulfide) groups is 1. The molecular formula is C18H19N5O5S. The van der Waals surface area contributed by atoms with Gasteiger partial charge in [-0.3, -0.25) is 9.59 Å². The minimum Gasteiger partial charge on any atom is -0.493 e. The van der Waals surface area contributed by atoms with Crippen LogP contribution in [0.1, 0.15) is 12.0 Å². The molecule has 0 spiro atoms. The molecule has 3 rings (SSSR count). The van der Waals surface area contributed by atoms with E-state index in [2.05, 4.69) is 20.5 Å². The monoisotopic (exact) mass is 417 g/mol. The fourth-order valence-corrected chi connectivity index (χ4v) is 3.43. The van der Waals surface area contributed by atoms with E-state index in [9.17, 15) is 9.59 Å². The standard InChI is InChI=1S/C18H19N5O5S/c1-27-13-4-2-3-12(16(13)28-8-7-23-6-5-19-11-23)10-20-22-18-21-17(26)14(29-18)9-15(24)25/h2-6,10-11,14H,7-9H2,1H3,(H,24,25)(H,21,22,26). The number of benzene rings is 1. The Labute approximate surface area is 170 Å². The lowest BCUT2D eigenvalue weighted by Crippen LogP contribution is -2.26. The first-order valence-electron chi connectivity index (χ1n) is 8.62. The molecule has 2 heterocycles. The number of imidazole rings is 1. The van der Waals surface area contributed by atoms with Crippen LogP contribution in [0, 0.1) is 0 Å². The highest BCUT2D eigenvalue weighted by Gasteiger charge is 2.32. The van der Waals surface area contributed by atoms with E-state index in [1.54, 1.807) is 37.8 Å². The molecule has 0 bridgehead atoms. The van der Waals surface area contributed by atoms with Crippen molar-refractivity contribution in [2.75, 3.05) is 13.7 Å². The van der Waals surface area contributed by atoms with Crippen molar-refractivity contribution in [3.05, 3.63) is 42.5 Å². The number of ether oxygens (including phenoxy) is 2. The van der Waals surface area contributed by atoms with E-state index in [-0.39, 0.29) is 11.6 Å². The minimum absolute atomic E-state index is 0.253. The number of carboxylic acids is 1. The molecule has 1 amide bonds. The maximum atomic E-state index is 11.7. The van der Waals surface area contributed by atoms with Crippen LogP contribution in [0.3, 0.4) is 0 Å². The quantitative estimate of drug-likeness (QED) is 0.466. The number of aliphatic carboxylic acids is 1. The normalized spacial score (nSPS) is 17.6. The summed E-state index contributed by atoms with van der Waals surface area (Å²) in [6.45, 7) is 1.01. The molecule has 1 aromatic carbocycles. The summed E-state index contributed by atoms with van der Waals surface area (Å²) >= 11 is 1.04. The number of nitrogens with zero attached hydrogens (tertiary/aromatic N) is 4. The first kappa shape index (κ1) is 20.4. The number of amides is 1. The smallest absolute Gasteiger partial charge is 0.305 e. The Morgan fingerprint density at radius 2 is 2.34 bits per heavy atom. The van der Waals surface area contributed by atoms with Crippen molar-refractivity contribution in [3.63, 3.8) is 0 Å². The van der Waals surface area contributed by atoms with Crippen LogP contribution in [0.4, 0.5) is 0 Å². The van der Waals surface area contributed by atoms with Crippen molar-refractivity contribution in [1.82, 2.24) is 14.9 Å². The van der Waals surface area contributed by atoms with Crippen molar-refractivity contribution in [2.45, 2.75) is 18.2 Å². The first-order chi connectivity index (χ1) is 14.1. The minimum atomic E-state index is -1.05. The molecule has 0 aliphatic carbocycles. The van der Waals surface area contributed by atoms with Crippen LogP contribution in [-0.2, 0) is 16.1 Å². The Hall–Kier alpha value is -3.34. The lowest BCUT2D eigenvalue weighted by atomic mass is 10.2. The summed E-state index contributed by atoms with van der Waals surface area (Å²) < 4.78 is 13.1. The molecule has 0 saturated carbocycles. The summed E-state index contributed by atoms with van der Waals surface area (Å²) in [5, 5.41) is 18.8. The van der Waals surface area contributed by atoms with E-state index in [0.29, 0.717) is 30.2 Å². The average Bonchev–Trinajstić information content (AvgIpc) is 3.32. The largest absolute Gasteiger partial charge is 0.493 e. The van der Waals surface area contributed by atoms with Gasteiger partial charge in [-0.05, 0) is 12.1 Å². The van der Waals surface area contributed by atoms with E-state index < -0.39 is 17.1 Å². The van der Waals surface area contributed by atoms with Gasteiger partial charge in [-0.2, -0.15) is 5.10 Å². The Bertz CT molecular complexity index is 929. The van der Waals surface area contributed by atoms with Gasteiger partial charge in [0.1, 0.15) is 11.9 Å². The zero-order valence-electron chi connectivity index (χ0n) is 15.5. The van der Waals surface area contributed by atoms with Crippen LogP contribution in [0.5, 0.6) is 11.5 Å². The van der Waals surface area contributed by atoms with Crippen molar-refractivity contribution in [2.24, 2.45) is 10.2 Å². The maximum Gasteiger partial charge on any atom is 0.305 e. The predicted molar refractivity (Wildman–Crippen MR) is 108 cm³/mol. The fourth-order valence-electron chi connectivity index (χ4n) is 2.51. The number of methoxy groups -OCH3 is 1. The second-order valence-corrected chi connectivity index (χ2v) is 7.06. The zero-order valence-corrected chi connectivity index (χ0v) is 16.3. The molecule has 152 valence electrons. The number of carbonyl (C=O) groups excluding carboxylic acids is 1. The van der Waals surface area contributed by atoms with E-state index in [0.717, 1.165) is 11.8 Å². The SMILES string of the molecule is COc1cccc(C=NN=C2NC(=O)C(CC(=O)O)S2)c1OCCn1ccnc1. The lowest BCUT2D eigenvalue weighted by Gasteiger charge is -2.13. The number of carboxylic acid groups (broad SMARTS) is 1. The molecule has 2 N–H and O–H groups in total. The number of amidine groups is 1. The fraction of sp³-hybridized carbons (Fsp3) is 0.278. The van der Waals surface area contributed by atoms with Gasteiger partial charge in [0.05, 0.1) is 32.6 Å². The third-order valence-electron chi connectivity index (χ3n) is 3.87.